The smallest absolute Gasteiger partial charge is 0.135 e. The van der Waals surface area contributed by atoms with Crippen LogP contribution in [0.15, 0.2) is 162 Å². The molecule has 0 unspecified atom stereocenters. The predicted octanol–water partition coefficient (Wildman–Crippen LogP) is 12.2. The molecule has 11 rings (SSSR count). The van der Waals surface area contributed by atoms with Crippen LogP contribution in [0.2, 0.25) is 0 Å². The van der Waals surface area contributed by atoms with E-state index in [9.17, 15) is 0 Å². The lowest BCUT2D eigenvalue weighted by molar-refractivity contribution is 0.669. The summed E-state index contributed by atoms with van der Waals surface area (Å²) in [6.45, 7) is 0. The molecule has 48 heavy (non-hydrogen) atoms. The monoisotopic (exact) mass is 610 g/mol. The Morgan fingerprint density at radius 1 is 0.438 bits per heavy atom. The van der Waals surface area contributed by atoms with Crippen molar-refractivity contribution in [3.8, 4) is 50.5 Å². The number of aromatic nitrogens is 2. The maximum atomic E-state index is 6.35. The molecule has 0 aliphatic heterocycles. The minimum Gasteiger partial charge on any atom is -0.456 e. The van der Waals surface area contributed by atoms with Gasteiger partial charge in [0, 0.05) is 43.9 Å². The summed E-state index contributed by atoms with van der Waals surface area (Å²) in [5.41, 5.74) is 14.5. The molecule has 1 aliphatic carbocycles. The van der Waals surface area contributed by atoms with Crippen molar-refractivity contribution in [1.29, 1.82) is 0 Å². The Hall–Kier alpha value is -6.45. The van der Waals surface area contributed by atoms with Gasteiger partial charge < -0.3 is 8.98 Å². The molecule has 0 saturated heterocycles. The van der Waals surface area contributed by atoms with Crippen LogP contribution in [0.3, 0.4) is 0 Å². The Labute approximate surface area is 275 Å². The molecular weight excluding hydrogens is 585 g/mol. The van der Waals surface area contributed by atoms with Crippen molar-refractivity contribution < 1.29 is 4.42 Å². The summed E-state index contributed by atoms with van der Waals surface area (Å²) < 4.78 is 8.70. The first kappa shape index (κ1) is 25.7. The van der Waals surface area contributed by atoms with Crippen LogP contribution in [0.1, 0.15) is 0 Å². The van der Waals surface area contributed by atoms with E-state index in [0.29, 0.717) is 0 Å². The third-order valence-electron chi connectivity index (χ3n) is 10.1. The highest BCUT2D eigenvalue weighted by molar-refractivity contribution is 6.15. The normalized spacial score (nSPS) is 12.2. The standard InChI is InChI=1S/C45H26N2O/c1-2-10-31(11-3-1)47-40-15-5-4-12-32(40)36-24-28(16-21-41(36)47)29-17-22-42-37(25-29)38-26-30(18-23-43(38)48-42)39-20-19-34-33-13-6-8-27-9-7-14-35(44(27)33)45(34)46-39/h1-26H. The number of hydrogen-bond acceptors (Lipinski definition) is 2. The average Bonchev–Trinajstić information content (AvgIpc) is 3.80. The molecule has 222 valence electrons. The van der Waals surface area contributed by atoms with Crippen LogP contribution in [0.4, 0.5) is 0 Å². The molecule has 7 aromatic carbocycles. The lowest BCUT2D eigenvalue weighted by Gasteiger charge is -2.08. The van der Waals surface area contributed by atoms with E-state index >= 15 is 0 Å². The molecule has 3 aromatic heterocycles. The predicted molar refractivity (Wildman–Crippen MR) is 199 cm³/mol. The van der Waals surface area contributed by atoms with E-state index in [2.05, 4.69) is 162 Å². The van der Waals surface area contributed by atoms with Crippen molar-refractivity contribution in [2.45, 2.75) is 0 Å². The van der Waals surface area contributed by atoms with Gasteiger partial charge in [0.2, 0.25) is 0 Å². The number of pyridine rings is 1. The van der Waals surface area contributed by atoms with Crippen molar-refractivity contribution in [1.82, 2.24) is 9.55 Å². The first-order valence-corrected chi connectivity index (χ1v) is 16.4. The van der Waals surface area contributed by atoms with Gasteiger partial charge in [-0.15, -0.1) is 0 Å². The largest absolute Gasteiger partial charge is 0.456 e. The van der Waals surface area contributed by atoms with Crippen molar-refractivity contribution in [2.24, 2.45) is 0 Å². The third-order valence-corrected chi connectivity index (χ3v) is 10.1. The lowest BCUT2D eigenvalue weighted by Crippen LogP contribution is -1.92. The Morgan fingerprint density at radius 2 is 1.10 bits per heavy atom. The summed E-state index contributed by atoms with van der Waals surface area (Å²) in [6.07, 6.45) is 0. The maximum Gasteiger partial charge on any atom is 0.135 e. The van der Waals surface area contributed by atoms with Crippen LogP contribution in [0.5, 0.6) is 0 Å². The fraction of sp³-hybridized carbons (Fsp3) is 0. The molecule has 0 atom stereocenters. The Bertz CT molecular complexity index is 2940. The molecule has 0 radical (unpaired) electrons. The van der Waals surface area contributed by atoms with E-state index in [4.69, 9.17) is 9.40 Å². The Morgan fingerprint density at radius 3 is 1.94 bits per heavy atom. The lowest BCUT2D eigenvalue weighted by atomic mass is 9.99. The fourth-order valence-corrected chi connectivity index (χ4v) is 7.93. The Balaban J connectivity index is 1.04. The molecular formula is C45H26N2O. The highest BCUT2D eigenvalue weighted by Crippen LogP contribution is 2.47. The molecule has 0 spiro atoms. The first-order valence-electron chi connectivity index (χ1n) is 16.4. The van der Waals surface area contributed by atoms with Gasteiger partial charge in [0.25, 0.3) is 0 Å². The molecule has 0 saturated carbocycles. The van der Waals surface area contributed by atoms with Crippen LogP contribution >= 0.6 is 0 Å². The van der Waals surface area contributed by atoms with Crippen LogP contribution in [-0.2, 0) is 0 Å². The molecule has 3 heterocycles. The second-order valence-electron chi connectivity index (χ2n) is 12.7. The summed E-state index contributed by atoms with van der Waals surface area (Å²) in [7, 11) is 0. The van der Waals surface area contributed by atoms with Crippen LogP contribution in [0, 0.1) is 0 Å². The quantitative estimate of drug-likeness (QED) is 0.199. The number of furan rings is 1. The van der Waals surface area contributed by atoms with Gasteiger partial charge >= 0.3 is 0 Å². The highest BCUT2D eigenvalue weighted by atomic mass is 16.3. The number of rotatable bonds is 3. The molecule has 1 aliphatic rings. The molecule has 0 fully saturated rings. The molecule has 3 heteroatoms. The number of hydrogen-bond donors (Lipinski definition) is 0. The summed E-state index contributed by atoms with van der Waals surface area (Å²) in [6, 6.07) is 56.5. The number of benzene rings is 7. The minimum atomic E-state index is 0.880. The summed E-state index contributed by atoms with van der Waals surface area (Å²) in [5, 5.41) is 7.25. The van der Waals surface area contributed by atoms with Crippen LogP contribution in [-0.4, -0.2) is 9.55 Å². The van der Waals surface area contributed by atoms with Gasteiger partial charge in [-0.1, -0.05) is 84.9 Å². The molecule has 0 bridgehead atoms. The van der Waals surface area contributed by atoms with E-state index < -0.39 is 0 Å². The van der Waals surface area contributed by atoms with Crippen molar-refractivity contribution in [3.05, 3.63) is 158 Å². The number of nitrogens with zero attached hydrogens (tertiary/aromatic N) is 2. The van der Waals surface area contributed by atoms with E-state index in [1.165, 1.54) is 54.8 Å². The van der Waals surface area contributed by atoms with Crippen molar-refractivity contribution in [3.63, 3.8) is 0 Å². The van der Waals surface area contributed by atoms with Gasteiger partial charge in [0.05, 0.1) is 22.4 Å². The van der Waals surface area contributed by atoms with Gasteiger partial charge in [-0.05, 0) is 100 Å². The summed E-state index contributed by atoms with van der Waals surface area (Å²) in [5.74, 6) is 0. The van der Waals surface area contributed by atoms with E-state index in [-0.39, 0.29) is 0 Å². The van der Waals surface area contributed by atoms with Crippen LogP contribution < -0.4 is 0 Å². The topological polar surface area (TPSA) is 31.0 Å². The highest BCUT2D eigenvalue weighted by Gasteiger charge is 2.23. The average molecular weight is 611 g/mol. The third kappa shape index (κ3) is 3.56. The van der Waals surface area contributed by atoms with Crippen molar-refractivity contribution in [2.75, 3.05) is 0 Å². The van der Waals surface area contributed by atoms with E-state index in [0.717, 1.165) is 50.1 Å². The number of fused-ring (bicyclic) bond motifs is 9. The minimum absolute atomic E-state index is 0.880. The van der Waals surface area contributed by atoms with Gasteiger partial charge in [-0.3, -0.25) is 0 Å². The molecule has 0 N–H and O–H groups in total. The zero-order valence-electron chi connectivity index (χ0n) is 25.8. The van der Waals surface area contributed by atoms with Gasteiger partial charge in [-0.25, -0.2) is 4.98 Å². The zero-order valence-corrected chi connectivity index (χ0v) is 25.8. The van der Waals surface area contributed by atoms with Gasteiger partial charge in [0.1, 0.15) is 11.2 Å². The maximum absolute atomic E-state index is 6.35. The summed E-state index contributed by atoms with van der Waals surface area (Å²) >= 11 is 0. The second-order valence-corrected chi connectivity index (χ2v) is 12.7. The molecule has 3 nitrogen and oxygen atoms in total. The SMILES string of the molecule is c1ccc(-n2c3ccccc3c3cc(-c4ccc5oc6ccc(-c7ccc8c(n7)-c7cccc9cccc-8c79)cc6c5c4)ccc32)cc1. The Kier molecular flexibility index (Phi) is 5.11. The number of para-hydroxylation sites is 2. The van der Waals surface area contributed by atoms with Crippen molar-refractivity contribution >= 4 is 54.5 Å². The van der Waals surface area contributed by atoms with Gasteiger partial charge in [-0.2, -0.15) is 0 Å². The van der Waals surface area contributed by atoms with Gasteiger partial charge in [0.15, 0.2) is 0 Å². The summed E-state index contributed by atoms with van der Waals surface area (Å²) in [4.78, 5) is 5.24. The van der Waals surface area contributed by atoms with E-state index in [1.807, 2.05) is 0 Å². The molecule has 0 amide bonds. The van der Waals surface area contributed by atoms with Crippen LogP contribution in [0.25, 0.3) is 105 Å². The fourth-order valence-electron chi connectivity index (χ4n) is 7.93. The zero-order chi connectivity index (χ0) is 31.3. The van der Waals surface area contributed by atoms with E-state index in [1.54, 1.807) is 0 Å². The molecule has 10 aromatic rings. The second kappa shape index (κ2) is 9.54. The first-order chi connectivity index (χ1) is 23.8.